The topological polar surface area (TPSA) is 131 Å². The van der Waals surface area contributed by atoms with Crippen LogP contribution in [0.5, 0.6) is 0 Å². The third kappa shape index (κ3) is 4.49. The van der Waals surface area contributed by atoms with Crippen LogP contribution >= 0.6 is 0 Å². The van der Waals surface area contributed by atoms with Gasteiger partial charge in [-0.3, -0.25) is 15.5 Å². The number of rotatable bonds is 5. The molecule has 24 heavy (non-hydrogen) atoms. The van der Waals surface area contributed by atoms with E-state index in [9.17, 15) is 18.5 Å². The molecule has 0 atom stereocenters. The molecule has 1 aliphatic rings. The maximum Gasteiger partial charge on any atom is 0.295 e. The van der Waals surface area contributed by atoms with Crippen molar-refractivity contribution in [2.75, 3.05) is 18.5 Å². The number of benzene rings is 1. The van der Waals surface area contributed by atoms with Gasteiger partial charge in [-0.1, -0.05) is 0 Å². The average Bonchev–Trinajstić information content (AvgIpc) is 2.52. The van der Waals surface area contributed by atoms with Crippen molar-refractivity contribution in [1.82, 2.24) is 4.90 Å². The number of hydrogen-bond donors (Lipinski definition) is 2. The van der Waals surface area contributed by atoms with Crippen LogP contribution < -0.4 is 10.6 Å². The smallest absolute Gasteiger partial charge is 0.295 e. The third-order valence-corrected chi connectivity index (χ3v) is 4.85. The minimum atomic E-state index is -4.00. The fraction of sp³-hybridized carbons (Fsp3) is 0.500. The van der Waals surface area contributed by atoms with Crippen LogP contribution in [0, 0.1) is 10.1 Å². The molecule has 1 saturated heterocycles. The number of nitrogens with one attached hydrogen (secondary N) is 1. The SMILES string of the molecule is CC(C)N1CCC(=NNc2ccc(S(N)(=O)=O)cc2[N+](=O)[O-])CC1. The quantitative estimate of drug-likeness (QED) is 0.608. The van der Waals surface area contributed by atoms with Crippen LogP contribution in [-0.2, 0) is 10.0 Å². The van der Waals surface area contributed by atoms with Gasteiger partial charge >= 0.3 is 0 Å². The summed E-state index contributed by atoms with van der Waals surface area (Å²) >= 11 is 0. The Bertz CT molecular complexity index is 750. The van der Waals surface area contributed by atoms with Gasteiger partial charge < -0.3 is 4.90 Å². The molecule has 2 rings (SSSR count). The fourth-order valence-corrected chi connectivity index (χ4v) is 3.02. The predicted octanol–water partition coefficient (Wildman–Crippen LogP) is 1.51. The number of sulfonamides is 1. The lowest BCUT2D eigenvalue weighted by Crippen LogP contribution is -2.38. The number of likely N-dealkylation sites (tertiary alicyclic amines) is 1. The summed E-state index contributed by atoms with van der Waals surface area (Å²) in [6.07, 6.45) is 1.57. The summed E-state index contributed by atoms with van der Waals surface area (Å²) in [5, 5.41) is 20.4. The highest BCUT2D eigenvalue weighted by Gasteiger charge is 2.20. The number of nitro groups is 1. The Balaban J connectivity index is 2.16. The number of hydrazone groups is 1. The summed E-state index contributed by atoms with van der Waals surface area (Å²) in [6.45, 7) is 6.06. The molecule has 0 amide bonds. The summed E-state index contributed by atoms with van der Waals surface area (Å²) in [5.41, 5.74) is 3.35. The molecule has 3 N–H and O–H groups in total. The van der Waals surface area contributed by atoms with Gasteiger partial charge in [-0.05, 0) is 26.0 Å². The first-order chi connectivity index (χ1) is 11.2. The van der Waals surface area contributed by atoms with Gasteiger partial charge in [-0.15, -0.1) is 0 Å². The van der Waals surface area contributed by atoms with Crippen LogP contribution in [-0.4, -0.2) is 43.1 Å². The van der Waals surface area contributed by atoms with E-state index in [-0.39, 0.29) is 16.3 Å². The molecule has 1 heterocycles. The number of hydrogen-bond acceptors (Lipinski definition) is 7. The molecule has 0 spiro atoms. The molecule has 132 valence electrons. The van der Waals surface area contributed by atoms with Gasteiger partial charge in [0.05, 0.1) is 9.82 Å². The number of anilines is 1. The third-order valence-electron chi connectivity index (χ3n) is 3.93. The number of piperidine rings is 1. The molecule has 0 aromatic heterocycles. The van der Waals surface area contributed by atoms with Gasteiger partial charge in [-0.2, -0.15) is 5.10 Å². The Labute approximate surface area is 140 Å². The largest absolute Gasteiger partial charge is 0.300 e. The Morgan fingerprint density at radius 3 is 2.46 bits per heavy atom. The summed E-state index contributed by atoms with van der Waals surface area (Å²) in [4.78, 5) is 12.5. The van der Waals surface area contributed by atoms with E-state index < -0.39 is 14.9 Å². The Kier molecular flexibility index (Phi) is 5.52. The van der Waals surface area contributed by atoms with E-state index in [1.54, 1.807) is 0 Å². The van der Waals surface area contributed by atoms with E-state index in [1.807, 2.05) is 0 Å². The minimum Gasteiger partial charge on any atom is -0.300 e. The van der Waals surface area contributed by atoms with Crippen molar-refractivity contribution in [1.29, 1.82) is 0 Å². The molecule has 0 bridgehead atoms. The predicted molar refractivity (Wildman–Crippen MR) is 91.5 cm³/mol. The van der Waals surface area contributed by atoms with Crippen LogP contribution in [0.3, 0.4) is 0 Å². The van der Waals surface area contributed by atoms with Crippen LogP contribution in [0.1, 0.15) is 26.7 Å². The lowest BCUT2D eigenvalue weighted by molar-refractivity contribution is -0.384. The van der Waals surface area contributed by atoms with E-state index >= 15 is 0 Å². The Morgan fingerprint density at radius 1 is 1.33 bits per heavy atom. The fourth-order valence-electron chi connectivity index (χ4n) is 2.48. The second-order valence-electron chi connectivity index (χ2n) is 5.90. The molecule has 1 aromatic rings. The van der Waals surface area contributed by atoms with Crippen LogP contribution in [0.2, 0.25) is 0 Å². The highest BCUT2D eigenvalue weighted by molar-refractivity contribution is 7.89. The standard InChI is InChI=1S/C14H21N5O4S/c1-10(2)18-7-5-11(6-8-18)16-17-13-4-3-12(24(15,22)23)9-14(13)19(20)21/h3-4,9-10,17H,5-8H2,1-2H3,(H2,15,22,23). The van der Waals surface area contributed by atoms with E-state index in [1.165, 1.54) is 12.1 Å². The molecule has 0 saturated carbocycles. The molecule has 10 heteroatoms. The van der Waals surface area contributed by atoms with Gasteiger partial charge in [0.25, 0.3) is 5.69 Å². The van der Waals surface area contributed by atoms with E-state index in [0.29, 0.717) is 6.04 Å². The van der Waals surface area contributed by atoms with Gasteiger partial charge in [0.2, 0.25) is 10.0 Å². The molecule has 0 aliphatic carbocycles. The molecule has 9 nitrogen and oxygen atoms in total. The van der Waals surface area contributed by atoms with E-state index in [0.717, 1.165) is 37.7 Å². The summed E-state index contributed by atoms with van der Waals surface area (Å²) < 4.78 is 22.6. The van der Waals surface area contributed by atoms with Crippen molar-refractivity contribution in [3.8, 4) is 0 Å². The van der Waals surface area contributed by atoms with Crippen molar-refractivity contribution in [3.63, 3.8) is 0 Å². The maximum absolute atomic E-state index is 11.3. The second-order valence-corrected chi connectivity index (χ2v) is 7.46. The van der Waals surface area contributed by atoms with Crippen LogP contribution in [0.25, 0.3) is 0 Å². The molecule has 0 unspecified atom stereocenters. The maximum atomic E-state index is 11.3. The molecular weight excluding hydrogens is 334 g/mol. The van der Waals surface area contributed by atoms with Gasteiger partial charge in [0.1, 0.15) is 5.69 Å². The van der Waals surface area contributed by atoms with Crippen molar-refractivity contribution in [2.45, 2.75) is 37.6 Å². The summed E-state index contributed by atoms with van der Waals surface area (Å²) in [5.74, 6) is 0. The monoisotopic (exact) mass is 355 g/mol. The first-order valence-corrected chi connectivity index (χ1v) is 9.10. The van der Waals surface area contributed by atoms with Crippen molar-refractivity contribution in [3.05, 3.63) is 28.3 Å². The second kappa shape index (κ2) is 7.24. The first-order valence-electron chi connectivity index (χ1n) is 7.55. The Morgan fingerprint density at radius 2 is 1.96 bits per heavy atom. The number of primary sulfonamides is 1. The lowest BCUT2D eigenvalue weighted by atomic mass is 10.1. The molecule has 1 aliphatic heterocycles. The van der Waals surface area contributed by atoms with Gasteiger partial charge in [0.15, 0.2) is 0 Å². The Hall–Kier alpha value is -2.04. The van der Waals surface area contributed by atoms with E-state index in [2.05, 4.69) is 29.3 Å². The zero-order valence-corrected chi connectivity index (χ0v) is 14.4. The van der Waals surface area contributed by atoms with Crippen LogP contribution in [0.4, 0.5) is 11.4 Å². The summed E-state index contributed by atoms with van der Waals surface area (Å²) in [7, 11) is -4.00. The average molecular weight is 355 g/mol. The van der Waals surface area contributed by atoms with Gasteiger partial charge in [-0.25, -0.2) is 13.6 Å². The molecule has 0 radical (unpaired) electrons. The highest BCUT2D eigenvalue weighted by Crippen LogP contribution is 2.27. The number of nitrogens with two attached hydrogens (primary N) is 1. The molecule has 1 aromatic carbocycles. The summed E-state index contributed by atoms with van der Waals surface area (Å²) in [6, 6.07) is 3.92. The molecule has 1 fully saturated rings. The van der Waals surface area contributed by atoms with Crippen molar-refractivity contribution in [2.24, 2.45) is 10.2 Å². The first kappa shape index (κ1) is 18.3. The van der Waals surface area contributed by atoms with Crippen LogP contribution in [0.15, 0.2) is 28.2 Å². The van der Waals surface area contributed by atoms with Crippen molar-refractivity contribution >= 4 is 27.1 Å². The molecular formula is C14H21N5O4S. The zero-order valence-electron chi connectivity index (χ0n) is 13.6. The zero-order chi connectivity index (χ0) is 17.9. The normalized spacial score (nSPS) is 16.2. The number of nitrogens with zero attached hydrogens (tertiary/aromatic N) is 3. The minimum absolute atomic E-state index is 0.131. The lowest BCUT2D eigenvalue weighted by Gasteiger charge is -2.30. The van der Waals surface area contributed by atoms with Gasteiger partial charge in [0, 0.05) is 43.8 Å². The van der Waals surface area contributed by atoms with Crippen molar-refractivity contribution < 1.29 is 13.3 Å². The van der Waals surface area contributed by atoms with E-state index in [4.69, 9.17) is 5.14 Å². The highest BCUT2D eigenvalue weighted by atomic mass is 32.2. The number of nitro benzene ring substituents is 1.